The van der Waals surface area contributed by atoms with E-state index in [4.69, 9.17) is 5.41 Å². The van der Waals surface area contributed by atoms with E-state index in [-0.39, 0.29) is 5.75 Å². The lowest BCUT2D eigenvalue weighted by Gasteiger charge is -2.04. The molecular weight excluding hydrogens is 226 g/mol. The summed E-state index contributed by atoms with van der Waals surface area (Å²) in [6, 6.07) is 10.5. The molecule has 0 atom stereocenters. The maximum atomic E-state index is 9.34. The first-order valence-electron chi connectivity index (χ1n) is 5.46. The molecule has 2 rings (SSSR count). The highest BCUT2D eigenvalue weighted by Crippen LogP contribution is 2.17. The molecule has 0 aliphatic heterocycles. The van der Waals surface area contributed by atoms with E-state index >= 15 is 0 Å². The zero-order valence-electron chi connectivity index (χ0n) is 9.67. The van der Waals surface area contributed by atoms with Crippen LogP contribution >= 0.6 is 0 Å². The maximum Gasteiger partial charge on any atom is 0.117 e. The van der Waals surface area contributed by atoms with E-state index < -0.39 is 0 Å². The van der Waals surface area contributed by atoms with Gasteiger partial charge in [-0.2, -0.15) is 0 Å². The molecule has 0 saturated heterocycles. The molecule has 1 aromatic heterocycles. The van der Waals surface area contributed by atoms with Crippen molar-refractivity contribution < 1.29 is 5.11 Å². The first-order chi connectivity index (χ1) is 8.79. The SMILES string of the molecule is N=C/C(=C\Nc1cccc(O)c1)c1ccncc1. The summed E-state index contributed by atoms with van der Waals surface area (Å²) in [5.41, 5.74) is 2.41. The third kappa shape index (κ3) is 2.95. The number of hydrogen-bond acceptors (Lipinski definition) is 4. The number of aromatic nitrogens is 1. The minimum absolute atomic E-state index is 0.203. The van der Waals surface area contributed by atoms with Crippen molar-refractivity contribution in [2.45, 2.75) is 0 Å². The van der Waals surface area contributed by atoms with E-state index in [1.54, 1.807) is 36.8 Å². The van der Waals surface area contributed by atoms with Crippen molar-refractivity contribution in [1.82, 2.24) is 4.98 Å². The standard InChI is InChI=1S/C14H13N3O/c15-9-12(11-4-6-16-7-5-11)10-17-13-2-1-3-14(18)8-13/h1-10,15,17-18H/b12-10+,15-9?. The van der Waals surface area contributed by atoms with Crippen molar-refractivity contribution >= 4 is 17.5 Å². The van der Waals surface area contributed by atoms with Gasteiger partial charge in [-0.15, -0.1) is 0 Å². The molecule has 18 heavy (non-hydrogen) atoms. The van der Waals surface area contributed by atoms with E-state index in [0.29, 0.717) is 0 Å². The van der Waals surface area contributed by atoms with Crippen LogP contribution in [-0.4, -0.2) is 16.3 Å². The Kier molecular flexibility index (Phi) is 3.71. The Bertz CT molecular complexity index is 564. The lowest BCUT2D eigenvalue weighted by atomic mass is 10.1. The van der Waals surface area contributed by atoms with E-state index in [1.807, 2.05) is 18.2 Å². The second kappa shape index (κ2) is 5.63. The van der Waals surface area contributed by atoms with Crippen LogP contribution in [0.25, 0.3) is 5.57 Å². The zero-order valence-corrected chi connectivity index (χ0v) is 9.67. The number of rotatable bonds is 4. The van der Waals surface area contributed by atoms with Gasteiger partial charge in [0.1, 0.15) is 5.75 Å². The van der Waals surface area contributed by atoms with Crippen LogP contribution in [0.3, 0.4) is 0 Å². The quantitative estimate of drug-likeness (QED) is 0.718. The third-order valence-electron chi connectivity index (χ3n) is 2.41. The molecule has 2 aromatic rings. The van der Waals surface area contributed by atoms with Gasteiger partial charge >= 0.3 is 0 Å². The number of aromatic hydroxyl groups is 1. The first kappa shape index (κ1) is 11.9. The molecule has 0 aliphatic carbocycles. The van der Waals surface area contributed by atoms with Crippen LogP contribution in [0.5, 0.6) is 5.75 Å². The summed E-state index contributed by atoms with van der Waals surface area (Å²) < 4.78 is 0. The number of nitrogens with one attached hydrogen (secondary N) is 2. The Balaban J connectivity index is 2.19. The summed E-state index contributed by atoms with van der Waals surface area (Å²) in [6.07, 6.45) is 6.35. The van der Waals surface area contributed by atoms with Crippen LogP contribution in [0.15, 0.2) is 55.0 Å². The number of benzene rings is 1. The molecule has 0 saturated carbocycles. The van der Waals surface area contributed by atoms with Gasteiger partial charge in [-0.3, -0.25) is 4.98 Å². The fourth-order valence-corrected chi connectivity index (χ4v) is 1.51. The summed E-state index contributed by atoms with van der Waals surface area (Å²) in [5, 5.41) is 19.8. The molecule has 0 spiro atoms. The van der Waals surface area contributed by atoms with Crippen LogP contribution in [0.1, 0.15) is 5.56 Å². The molecule has 0 unspecified atom stereocenters. The molecule has 0 amide bonds. The van der Waals surface area contributed by atoms with Crippen molar-refractivity contribution in [2.75, 3.05) is 5.32 Å². The third-order valence-corrected chi connectivity index (χ3v) is 2.41. The first-order valence-corrected chi connectivity index (χ1v) is 5.46. The number of nitrogens with zero attached hydrogens (tertiary/aromatic N) is 1. The van der Waals surface area contributed by atoms with Crippen LogP contribution < -0.4 is 5.32 Å². The number of anilines is 1. The fourth-order valence-electron chi connectivity index (χ4n) is 1.51. The number of pyridine rings is 1. The van der Waals surface area contributed by atoms with Gasteiger partial charge in [0.15, 0.2) is 0 Å². The molecule has 0 fully saturated rings. The van der Waals surface area contributed by atoms with Gasteiger partial charge in [0.25, 0.3) is 0 Å². The average molecular weight is 239 g/mol. The Hall–Kier alpha value is -2.62. The van der Waals surface area contributed by atoms with Gasteiger partial charge in [-0.25, -0.2) is 0 Å². The molecule has 90 valence electrons. The second-order valence-corrected chi connectivity index (χ2v) is 3.67. The van der Waals surface area contributed by atoms with Crippen molar-refractivity contribution in [3.63, 3.8) is 0 Å². The van der Waals surface area contributed by atoms with E-state index in [9.17, 15) is 5.11 Å². The maximum absolute atomic E-state index is 9.34. The molecule has 0 aliphatic rings. The smallest absolute Gasteiger partial charge is 0.117 e. The van der Waals surface area contributed by atoms with Crippen molar-refractivity contribution in [2.24, 2.45) is 0 Å². The van der Waals surface area contributed by atoms with Crippen molar-refractivity contribution in [3.05, 3.63) is 60.6 Å². The van der Waals surface area contributed by atoms with E-state index in [1.165, 1.54) is 6.21 Å². The topological polar surface area (TPSA) is 69.0 Å². The van der Waals surface area contributed by atoms with Gasteiger partial charge in [-0.05, 0) is 29.8 Å². The largest absolute Gasteiger partial charge is 0.508 e. The van der Waals surface area contributed by atoms with Crippen LogP contribution in [-0.2, 0) is 0 Å². The molecule has 0 radical (unpaired) electrons. The van der Waals surface area contributed by atoms with E-state index in [0.717, 1.165) is 16.8 Å². The minimum atomic E-state index is 0.203. The van der Waals surface area contributed by atoms with Gasteiger partial charge in [0.05, 0.1) is 0 Å². The highest BCUT2D eigenvalue weighted by atomic mass is 16.3. The van der Waals surface area contributed by atoms with Crippen LogP contribution in [0, 0.1) is 5.41 Å². The summed E-state index contributed by atoms with van der Waals surface area (Å²) in [5.74, 6) is 0.203. The summed E-state index contributed by atoms with van der Waals surface area (Å²) in [4.78, 5) is 3.94. The summed E-state index contributed by atoms with van der Waals surface area (Å²) in [6.45, 7) is 0. The Morgan fingerprint density at radius 2 is 2.00 bits per heavy atom. The van der Waals surface area contributed by atoms with Crippen LogP contribution in [0.4, 0.5) is 5.69 Å². The highest BCUT2D eigenvalue weighted by Gasteiger charge is 1.97. The highest BCUT2D eigenvalue weighted by molar-refractivity contribution is 6.08. The number of phenols is 1. The number of allylic oxidation sites excluding steroid dienone is 1. The van der Waals surface area contributed by atoms with Gasteiger partial charge in [0, 0.05) is 42.1 Å². The Morgan fingerprint density at radius 1 is 1.22 bits per heavy atom. The molecular formula is C14H13N3O. The monoisotopic (exact) mass is 239 g/mol. The van der Waals surface area contributed by atoms with Crippen molar-refractivity contribution in [1.29, 1.82) is 5.41 Å². The Labute approximate surface area is 105 Å². The van der Waals surface area contributed by atoms with E-state index in [2.05, 4.69) is 10.3 Å². The average Bonchev–Trinajstić information content (AvgIpc) is 2.41. The van der Waals surface area contributed by atoms with Gasteiger partial charge < -0.3 is 15.8 Å². The summed E-state index contributed by atoms with van der Waals surface area (Å²) >= 11 is 0. The van der Waals surface area contributed by atoms with Crippen molar-refractivity contribution in [3.8, 4) is 5.75 Å². The number of phenolic OH excluding ortho intramolecular Hbond substituents is 1. The minimum Gasteiger partial charge on any atom is -0.508 e. The predicted molar refractivity (Wildman–Crippen MR) is 72.7 cm³/mol. The molecule has 1 aromatic carbocycles. The summed E-state index contributed by atoms with van der Waals surface area (Å²) in [7, 11) is 0. The predicted octanol–water partition coefficient (Wildman–Crippen LogP) is 2.89. The van der Waals surface area contributed by atoms with Gasteiger partial charge in [-0.1, -0.05) is 6.07 Å². The molecule has 4 heteroatoms. The fraction of sp³-hybridized carbons (Fsp3) is 0. The normalized spacial score (nSPS) is 11.0. The zero-order chi connectivity index (χ0) is 12.8. The molecule has 4 nitrogen and oxygen atoms in total. The number of hydrogen-bond donors (Lipinski definition) is 3. The lowest BCUT2D eigenvalue weighted by molar-refractivity contribution is 0.475. The molecule has 0 bridgehead atoms. The van der Waals surface area contributed by atoms with Gasteiger partial charge in [0.2, 0.25) is 0 Å². The molecule has 3 N–H and O–H groups in total. The molecule has 1 heterocycles. The lowest BCUT2D eigenvalue weighted by Crippen LogP contribution is -1.93. The second-order valence-electron chi connectivity index (χ2n) is 3.67. The Morgan fingerprint density at radius 3 is 2.67 bits per heavy atom. The van der Waals surface area contributed by atoms with Crippen LogP contribution in [0.2, 0.25) is 0 Å².